The molecule has 2 N–H and O–H groups in total. The van der Waals surface area contributed by atoms with Gasteiger partial charge in [-0.05, 0) is 49.5 Å². The molecule has 0 aromatic carbocycles. The third-order valence-corrected chi connectivity index (χ3v) is 4.55. The number of aryl methyl sites for hydroxylation is 1. The van der Waals surface area contributed by atoms with Crippen LogP contribution in [0.3, 0.4) is 0 Å². The van der Waals surface area contributed by atoms with E-state index in [4.69, 9.17) is 5.73 Å². The fourth-order valence-corrected chi connectivity index (χ4v) is 3.42. The largest absolute Gasteiger partial charge is 0.330 e. The van der Waals surface area contributed by atoms with E-state index in [-0.39, 0.29) is 0 Å². The lowest BCUT2D eigenvalue weighted by Crippen LogP contribution is -2.35. The van der Waals surface area contributed by atoms with Crippen LogP contribution in [0.4, 0.5) is 0 Å². The van der Waals surface area contributed by atoms with Crippen LogP contribution in [-0.2, 0) is 13.0 Å². The van der Waals surface area contributed by atoms with Crippen molar-refractivity contribution >= 4 is 0 Å². The van der Waals surface area contributed by atoms with Crippen molar-refractivity contribution in [3.05, 3.63) is 12.2 Å². The minimum absolute atomic E-state index is 0.450. The van der Waals surface area contributed by atoms with E-state index in [1.165, 1.54) is 19.3 Å². The van der Waals surface area contributed by atoms with E-state index in [0.717, 1.165) is 31.8 Å². The lowest BCUT2D eigenvalue weighted by Gasteiger charge is -2.40. The van der Waals surface area contributed by atoms with Crippen LogP contribution in [0.25, 0.3) is 0 Å². The van der Waals surface area contributed by atoms with Crippen LogP contribution < -0.4 is 5.73 Å². The monoisotopic (exact) mass is 264 g/mol. The van der Waals surface area contributed by atoms with E-state index in [1.54, 1.807) is 6.33 Å². The van der Waals surface area contributed by atoms with Gasteiger partial charge >= 0.3 is 0 Å². The minimum atomic E-state index is 0.450. The Hall–Kier alpha value is -0.900. The van der Waals surface area contributed by atoms with Crippen LogP contribution in [0, 0.1) is 17.3 Å². The third kappa shape index (κ3) is 3.56. The summed E-state index contributed by atoms with van der Waals surface area (Å²) in [6, 6.07) is 0. The first-order chi connectivity index (χ1) is 9.05. The van der Waals surface area contributed by atoms with Crippen LogP contribution in [0.2, 0.25) is 0 Å². The molecule has 0 amide bonds. The van der Waals surface area contributed by atoms with Crippen molar-refractivity contribution < 1.29 is 0 Å². The maximum Gasteiger partial charge on any atom is 0.138 e. The molecule has 1 aromatic rings. The second-order valence-corrected chi connectivity index (χ2v) is 6.77. The highest BCUT2D eigenvalue weighted by molar-refractivity contribution is 4.94. The summed E-state index contributed by atoms with van der Waals surface area (Å²) >= 11 is 0. The van der Waals surface area contributed by atoms with E-state index in [2.05, 4.69) is 35.5 Å². The molecule has 4 nitrogen and oxygen atoms in total. The van der Waals surface area contributed by atoms with Gasteiger partial charge in [0.2, 0.25) is 0 Å². The fourth-order valence-electron chi connectivity index (χ4n) is 3.42. The Morgan fingerprint density at radius 1 is 1.42 bits per heavy atom. The van der Waals surface area contributed by atoms with Crippen LogP contribution in [0.1, 0.15) is 52.3 Å². The molecule has 1 aliphatic carbocycles. The predicted octanol–water partition coefficient (Wildman–Crippen LogP) is 2.63. The second-order valence-electron chi connectivity index (χ2n) is 6.77. The summed E-state index contributed by atoms with van der Waals surface area (Å²) in [6.07, 6.45) is 7.64. The van der Waals surface area contributed by atoms with E-state index >= 15 is 0 Å². The van der Waals surface area contributed by atoms with E-state index in [9.17, 15) is 0 Å². The molecule has 2 rings (SSSR count). The molecule has 19 heavy (non-hydrogen) atoms. The Bertz CT molecular complexity index is 397. The van der Waals surface area contributed by atoms with Gasteiger partial charge in [-0.1, -0.05) is 20.8 Å². The number of hydrogen-bond acceptors (Lipinski definition) is 3. The Balaban J connectivity index is 2.08. The maximum atomic E-state index is 5.97. The third-order valence-electron chi connectivity index (χ3n) is 4.55. The number of aromatic nitrogens is 3. The molecular formula is C15H28N4. The SMILES string of the molecule is CCCn1ncnc1CC1CC(C)(C)CCC1CN. The van der Waals surface area contributed by atoms with Crippen LogP contribution in [-0.4, -0.2) is 21.3 Å². The first-order valence-corrected chi connectivity index (χ1v) is 7.62. The average Bonchev–Trinajstić information content (AvgIpc) is 2.77. The van der Waals surface area contributed by atoms with Crippen LogP contribution in [0.5, 0.6) is 0 Å². The number of nitrogens with zero attached hydrogens (tertiary/aromatic N) is 3. The van der Waals surface area contributed by atoms with Gasteiger partial charge in [-0.3, -0.25) is 4.68 Å². The van der Waals surface area contributed by atoms with Crippen molar-refractivity contribution in [2.24, 2.45) is 23.0 Å². The molecule has 2 unspecified atom stereocenters. The van der Waals surface area contributed by atoms with Crippen molar-refractivity contribution in [3.63, 3.8) is 0 Å². The van der Waals surface area contributed by atoms with Gasteiger partial charge in [0.05, 0.1) is 0 Å². The Morgan fingerprint density at radius 2 is 2.21 bits per heavy atom. The summed E-state index contributed by atoms with van der Waals surface area (Å²) in [7, 11) is 0. The maximum absolute atomic E-state index is 5.97. The lowest BCUT2D eigenvalue weighted by atomic mass is 9.66. The highest BCUT2D eigenvalue weighted by Crippen LogP contribution is 2.42. The summed E-state index contributed by atoms with van der Waals surface area (Å²) in [5.41, 5.74) is 6.42. The molecule has 1 saturated carbocycles. The standard InChI is InChI=1S/C15H28N4/c1-4-7-19-14(17-11-18-19)8-13-9-15(2,3)6-5-12(13)10-16/h11-13H,4-10,16H2,1-3H3. The number of rotatable bonds is 5. The fraction of sp³-hybridized carbons (Fsp3) is 0.867. The zero-order valence-corrected chi connectivity index (χ0v) is 12.6. The molecule has 2 atom stereocenters. The highest BCUT2D eigenvalue weighted by Gasteiger charge is 2.34. The van der Waals surface area contributed by atoms with Crippen molar-refractivity contribution in [1.82, 2.24) is 14.8 Å². The summed E-state index contributed by atoms with van der Waals surface area (Å²) in [6.45, 7) is 8.71. The molecule has 108 valence electrons. The highest BCUT2D eigenvalue weighted by atomic mass is 15.3. The van der Waals surface area contributed by atoms with Gasteiger partial charge in [-0.15, -0.1) is 0 Å². The molecule has 1 heterocycles. The Labute approximate surface area is 116 Å². The van der Waals surface area contributed by atoms with E-state index < -0.39 is 0 Å². The van der Waals surface area contributed by atoms with Crippen LogP contribution >= 0.6 is 0 Å². The van der Waals surface area contributed by atoms with Gasteiger partial charge in [-0.2, -0.15) is 5.10 Å². The van der Waals surface area contributed by atoms with Crippen molar-refractivity contribution in [2.45, 2.75) is 59.4 Å². The average molecular weight is 264 g/mol. The van der Waals surface area contributed by atoms with Gasteiger partial charge in [0, 0.05) is 13.0 Å². The smallest absolute Gasteiger partial charge is 0.138 e. The molecule has 4 heteroatoms. The second kappa shape index (κ2) is 6.04. The predicted molar refractivity (Wildman–Crippen MR) is 77.7 cm³/mol. The molecule has 1 aromatic heterocycles. The Kier molecular flexibility index (Phi) is 4.61. The molecule has 0 saturated heterocycles. The summed E-state index contributed by atoms with van der Waals surface area (Å²) in [5, 5.41) is 4.33. The topological polar surface area (TPSA) is 56.7 Å². The van der Waals surface area contributed by atoms with Crippen LogP contribution in [0.15, 0.2) is 6.33 Å². The zero-order valence-electron chi connectivity index (χ0n) is 12.6. The first kappa shape index (κ1) is 14.5. The van der Waals surface area contributed by atoms with Crippen molar-refractivity contribution in [3.8, 4) is 0 Å². The lowest BCUT2D eigenvalue weighted by molar-refractivity contribution is 0.119. The summed E-state index contributed by atoms with van der Waals surface area (Å²) < 4.78 is 2.06. The number of nitrogens with two attached hydrogens (primary N) is 1. The molecule has 1 fully saturated rings. The zero-order chi connectivity index (χ0) is 13.9. The molecule has 0 bridgehead atoms. The van der Waals surface area contributed by atoms with Gasteiger partial charge in [0.15, 0.2) is 0 Å². The summed E-state index contributed by atoms with van der Waals surface area (Å²) in [4.78, 5) is 4.46. The van der Waals surface area contributed by atoms with E-state index in [0.29, 0.717) is 17.3 Å². The van der Waals surface area contributed by atoms with Crippen molar-refractivity contribution in [2.75, 3.05) is 6.54 Å². The van der Waals surface area contributed by atoms with Gasteiger partial charge < -0.3 is 5.73 Å². The summed E-state index contributed by atoms with van der Waals surface area (Å²) in [5.74, 6) is 2.45. The molecular weight excluding hydrogens is 236 g/mol. The van der Waals surface area contributed by atoms with Gasteiger partial charge in [0.1, 0.15) is 12.2 Å². The van der Waals surface area contributed by atoms with Gasteiger partial charge in [-0.25, -0.2) is 4.98 Å². The van der Waals surface area contributed by atoms with Gasteiger partial charge in [0.25, 0.3) is 0 Å². The molecule has 0 radical (unpaired) electrons. The van der Waals surface area contributed by atoms with E-state index in [1.807, 2.05) is 0 Å². The molecule has 0 spiro atoms. The molecule has 0 aliphatic heterocycles. The minimum Gasteiger partial charge on any atom is -0.330 e. The van der Waals surface area contributed by atoms with Crippen molar-refractivity contribution in [1.29, 1.82) is 0 Å². The first-order valence-electron chi connectivity index (χ1n) is 7.62. The number of hydrogen-bond donors (Lipinski definition) is 1. The quantitative estimate of drug-likeness (QED) is 0.889. The molecule has 1 aliphatic rings. The normalized spacial score (nSPS) is 26.5. The Morgan fingerprint density at radius 3 is 2.89 bits per heavy atom.